The molecule has 0 atom stereocenters. The van der Waals surface area contributed by atoms with Gasteiger partial charge in [0.2, 0.25) is 5.75 Å². The summed E-state index contributed by atoms with van der Waals surface area (Å²) >= 11 is 1.59. The predicted molar refractivity (Wildman–Crippen MR) is 138 cm³/mol. The molecular formula is C26H26N4O5S. The predicted octanol–water partition coefficient (Wildman–Crippen LogP) is 1.99. The second kappa shape index (κ2) is 11.5. The molecule has 2 aromatic carbocycles. The van der Waals surface area contributed by atoms with E-state index in [1.807, 2.05) is 29.0 Å². The Labute approximate surface area is 213 Å². The number of pyridine rings is 1. The normalized spacial score (nSPS) is 12.8. The molecule has 1 aliphatic heterocycles. The van der Waals surface area contributed by atoms with Gasteiger partial charge in [-0.05, 0) is 43.0 Å². The first-order valence-corrected chi connectivity index (χ1v) is 11.9. The lowest BCUT2D eigenvalue weighted by Gasteiger charge is -2.19. The highest BCUT2D eigenvalue weighted by Gasteiger charge is 2.24. The molecule has 9 nitrogen and oxygen atoms in total. The molecule has 0 saturated carbocycles. The summed E-state index contributed by atoms with van der Waals surface area (Å²) in [5.74, 6) is 0.921. The van der Waals surface area contributed by atoms with Crippen LogP contribution in [0.5, 0.6) is 17.2 Å². The first-order valence-electron chi connectivity index (χ1n) is 11.0. The van der Waals surface area contributed by atoms with Gasteiger partial charge in [-0.25, -0.2) is 4.79 Å². The maximum absolute atomic E-state index is 13.2. The molecular weight excluding hydrogens is 480 g/mol. The highest BCUT2D eigenvalue weighted by molar-refractivity contribution is 7.80. The summed E-state index contributed by atoms with van der Waals surface area (Å²) in [6, 6.07) is 14.4. The zero-order valence-corrected chi connectivity index (χ0v) is 20.8. The SMILES string of the molecule is COc1cc(C(=O)c2cccc(NC(=O)NC[C-]3C=[S+][C-](c4cccnc4)[NH2+]3)c2)cc(OC)c1OC. The lowest BCUT2D eigenvalue weighted by molar-refractivity contribution is -0.589. The van der Waals surface area contributed by atoms with E-state index in [2.05, 4.69) is 15.6 Å². The summed E-state index contributed by atoms with van der Waals surface area (Å²) in [5.41, 5.74) is 2.30. The average molecular weight is 507 g/mol. The number of quaternary nitrogens is 1. The minimum Gasteiger partial charge on any atom is -0.493 e. The van der Waals surface area contributed by atoms with E-state index in [0.29, 0.717) is 40.6 Å². The largest absolute Gasteiger partial charge is 0.493 e. The van der Waals surface area contributed by atoms with E-state index in [1.165, 1.54) is 21.3 Å². The second-order valence-electron chi connectivity index (χ2n) is 7.69. The van der Waals surface area contributed by atoms with Crippen LogP contribution in [0.1, 0.15) is 21.5 Å². The fourth-order valence-corrected chi connectivity index (χ4v) is 4.51. The number of nitrogens with one attached hydrogen (secondary N) is 2. The Balaban J connectivity index is 1.37. The van der Waals surface area contributed by atoms with Crippen molar-refractivity contribution >= 4 is 34.2 Å². The van der Waals surface area contributed by atoms with E-state index in [-0.39, 0.29) is 11.8 Å². The Hall–Kier alpha value is -4.15. The molecule has 4 N–H and O–H groups in total. The Morgan fingerprint density at radius 1 is 1.00 bits per heavy atom. The van der Waals surface area contributed by atoms with Crippen molar-refractivity contribution in [2.75, 3.05) is 33.2 Å². The standard InChI is InChI=1S/C26H26N4O5S/c1-33-21-11-18(12-22(34-2)24(21)35-3)23(31)16-6-4-8-19(10-16)30-26(32)28-14-20-15-36-25(29-20)17-7-5-9-27-13-17/h4-13,15H,14,29H2,1-3H3,(H2,28,30,32). The molecule has 2 heterocycles. The smallest absolute Gasteiger partial charge is 0.316 e. The topological polar surface area (TPSA) is 115 Å². The van der Waals surface area contributed by atoms with Gasteiger partial charge in [-0.1, -0.05) is 30.0 Å². The number of rotatable bonds is 9. The summed E-state index contributed by atoms with van der Waals surface area (Å²) in [7, 11) is 4.48. The van der Waals surface area contributed by atoms with Gasteiger partial charge in [0.05, 0.1) is 26.7 Å². The number of carbonyl (C=O) groups is 2. The minimum atomic E-state index is -0.374. The number of aromatic nitrogens is 1. The van der Waals surface area contributed by atoms with E-state index in [4.69, 9.17) is 14.2 Å². The van der Waals surface area contributed by atoms with Gasteiger partial charge in [0.1, 0.15) is 0 Å². The highest BCUT2D eigenvalue weighted by Crippen LogP contribution is 2.38. The zero-order valence-electron chi connectivity index (χ0n) is 20.0. The number of nitrogens with two attached hydrogens (primary N) is 1. The molecule has 3 aromatic rings. The molecule has 0 saturated heterocycles. The maximum Gasteiger partial charge on any atom is 0.316 e. The molecule has 1 aromatic heterocycles. The monoisotopic (exact) mass is 506 g/mol. The lowest BCUT2D eigenvalue weighted by atomic mass is 10.0. The number of hydrogen-bond donors (Lipinski definition) is 3. The molecule has 0 fully saturated rings. The van der Waals surface area contributed by atoms with Crippen molar-refractivity contribution in [2.24, 2.45) is 0 Å². The third kappa shape index (κ3) is 5.73. The van der Waals surface area contributed by atoms with Crippen LogP contribution in [0.15, 0.2) is 60.9 Å². The second-order valence-corrected chi connectivity index (χ2v) is 8.60. The molecule has 1 aliphatic rings. The minimum absolute atomic E-state index is 0.250. The molecule has 0 bridgehead atoms. The zero-order chi connectivity index (χ0) is 25.5. The first-order chi connectivity index (χ1) is 17.5. The van der Waals surface area contributed by atoms with Crippen molar-refractivity contribution in [3.63, 3.8) is 0 Å². The Morgan fingerprint density at radius 2 is 1.78 bits per heavy atom. The van der Waals surface area contributed by atoms with Crippen molar-refractivity contribution < 1.29 is 29.1 Å². The summed E-state index contributed by atoms with van der Waals surface area (Å²) in [4.78, 5) is 29.8. The van der Waals surface area contributed by atoms with Crippen LogP contribution in [0.25, 0.3) is 0 Å². The van der Waals surface area contributed by atoms with Gasteiger partial charge in [0.15, 0.2) is 28.6 Å². The molecule has 10 heteroatoms. The quantitative estimate of drug-likeness (QED) is 0.177. The van der Waals surface area contributed by atoms with Gasteiger partial charge in [0.25, 0.3) is 5.37 Å². The molecule has 0 aliphatic carbocycles. The van der Waals surface area contributed by atoms with Gasteiger partial charge >= 0.3 is 6.03 Å². The summed E-state index contributed by atoms with van der Waals surface area (Å²) < 4.78 is 16.0. The van der Waals surface area contributed by atoms with Crippen LogP contribution in [0.2, 0.25) is 0 Å². The third-order valence-corrected chi connectivity index (χ3v) is 6.39. The van der Waals surface area contributed by atoms with Gasteiger partial charge in [-0.15, -0.1) is 6.07 Å². The third-order valence-electron chi connectivity index (χ3n) is 5.36. The average Bonchev–Trinajstić information content (AvgIpc) is 3.40. The van der Waals surface area contributed by atoms with Crippen LogP contribution in [0.3, 0.4) is 0 Å². The number of carbonyl (C=O) groups excluding carboxylic acids is 2. The van der Waals surface area contributed by atoms with E-state index >= 15 is 0 Å². The first kappa shape index (κ1) is 25.0. The van der Waals surface area contributed by atoms with Gasteiger partial charge in [-0.2, -0.15) is 0 Å². The van der Waals surface area contributed by atoms with Crippen LogP contribution >= 0.6 is 0 Å². The number of ketones is 1. The number of methoxy groups -OCH3 is 3. The maximum atomic E-state index is 13.2. The van der Waals surface area contributed by atoms with Crippen molar-refractivity contribution in [1.82, 2.24) is 10.3 Å². The molecule has 186 valence electrons. The van der Waals surface area contributed by atoms with Crippen LogP contribution in [0, 0.1) is 11.4 Å². The van der Waals surface area contributed by atoms with Gasteiger partial charge < -0.3 is 35.1 Å². The van der Waals surface area contributed by atoms with Crippen LogP contribution < -0.4 is 30.2 Å². The van der Waals surface area contributed by atoms with E-state index < -0.39 is 0 Å². The molecule has 0 radical (unpaired) electrons. The lowest BCUT2D eigenvalue weighted by Crippen LogP contribution is -2.86. The number of anilines is 1. The number of urea groups is 1. The Morgan fingerprint density at radius 3 is 2.44 bits per heavy atom. The van der Waals surface area contributed by atoms with Gasteiger partial charge in [-0.3, -0.25) is 4.79 Å². The van der Waals surface area contributed by atoms with Crippen molar-refractivity contribution in [3.8, 4) is 17.2 Å². The van der Waals surface area contributed by atoms with Crippen molar-refractivity contribution in [3.05, 3.63) is 89.0 Å². The summed E-state index contributed by atoms with van der Waals surface area (Å²) in [5, 5.41) is 10.7. The fourth-order valence-electron chi connectivity index (χ4n) is 3.60. The summed E-state index contributed by atoms with van der Waals surface area (Å²) in [6.07, 6.45) is 3.54. The van der Waals surface area contributed by atoms with Crippen LogP contribution in [0.4, 0.5) is 10.5 Å². The highest BCUT2D eigenvalue weighted by atomic mass is 32.1. The molecule has 0 spiro atoms. The number of nitrogens with zero attached hydrogens (tertiary/aromatic N) is 1. The Kier molecular flexibility index (Phi) is 7.99. The van der Waals surface area contributed by atoms with Gasteiger partial charge in [0, 0.05) is 16.8 Å². The molecule has 4 rings (SSSR count). The van der Waals surface area contributed by atoms with E-state index in [1.54, 1.807) is 53.9 Å². The number of ether oxygens (including phenoxy) is 3. The fraction of sp³-hybridized carbons (Fsp3) is 0.154. The van der Waals surface area contributed by atoms with Crippen molar-refractivity contribution in [2.45, 2.75) is 0 Å². The van der Waals surface area contributed by atoms with Crippen LogP contribution in [-0.4, -0.2) is 50.0 Å². The molecule has 36 heavy (non-hydrogen) atoms. The molecule has 2 amide bonds. The Bertz CT molecular complexity index is 1240. The summed E-state index contributed by atoms with van der Waals surface area (Å²) in [6.45, 7) is 0.368. The van der Waals surface area contributed by atoms with Crippen LogP contribution in [-0.2, 0) is 11.4 Å². The van der Waals surface area contributed by atoms with E-state index in [9.17, 15) is 9.59 Å². The number of hydrogen-bond acceptors (Lipinski definition) is 6. The molecule has 0 unspecified atom stereocenters. The van der Waals surface area contributed by atoms with Crippen molar-refractivity contribution in [1.29, 1.82) is 0 Å². The number of amides is 2. The van der Waals surface area contributed by atoms with E-state index in [0.717, 1.165) is 17.0 Å². The number of benzene rings is 2.